The number of nitrogens with two attached hydrogens (primary N) is 1. The zero-order valence-corrected chi connectivity index (χ0v) is 10.3. The van der Waals surface area contributed by atoms with Crippen molar-refractivity contribution in [3.05, 3.63) is 24.2 Å². The Morgan fingerprint density at radius 1 is 1.56 bits per heavy atom. The van der Waals surface area contributed by atoms with E-state index in [1.807, 2.05) is 19.1 Å². The van der Waals surface area contributed by atoms with E-state index < -0.39 is 0 Å². The minimum absolute atomic E-state index is 0.644. The lowest BCUT2D eigenvalue weighted by molar-refractivity contribution is 0.971. The highest BCUT2D eigenvalue weighted by molar-refractivity contribution is 8.01. The minimum Gasteiger partial charge on any atom is -0.308 e. The summed E-state index contributed by atoms with van der Waals surface area (Å²) in [5, 5.41) is 0. The van der Waals surface area contributed by atoms with Crippen LogP contribution in [0.3, 0.4) is 0 Å². The first-order valence-corrected chi connectivity index (χ1v) is 6.34. The van der Waals surface area contributed by atoms with Gasteiger partial charge in [-0.15, -0.1) is 0 Å². The highest BCUT2D eigenvalue weighted by Crippen LogP contribution is 2.29. The predicted octanol–water partition coefficient (Wildman–Crippen LogP) is 1.93. The Hall–Kier alpha value is -1.18. The summed E-state index contributed by atoms with van der Waals surface area (Å²) in [4.78, 5) is 9.46. The van der Waals surface area contributed by atoms with Crippen molar-refractivity contribution >= 4 is 29.1 Å². The van der Waals surface area contributed by atoms with E-state index in [2.05, 4.69) is 19.8 Å². The quantitative estimate of drug-likeness (QED) is 0.640. The molecule has 5 nitrogen and oxygen atoms in total. The number of pyridine rings is 1. The lowest BCUT2D eigenvalue weighted by atomic mass is 10.5. The molecular weight excluding hydrogens is 242 g/mol. The van der Waals surface area contributed by atoms with Crippen LogP contribution in [0.25, 0.3) is 0 Å². The third-order valence-electron chi connectivity index (χ3n) is 1.85. The van der Waals surface area contributed by atoms with Gasteiger partial charge >= 0.3 is 0 Å². The molecule has 0 atom stereocenters. The Morgan fingerprint density at radius 3 is 3.12 bits per heavy atom. The normalized spacial score (nSPS) is 10.4. The van der Waals surface area contributed by atoms with Crippen molar-refractivity contribution in [2.45, 2.75) is 22.6 Å². The van der Waals surface area contributed by atoms with E-state index in [9.17, 15) is 0 Å². The maximum atomic E-state index is 5.29. The molecule has 84 valence electrons. The topological polar surface area (TPSA) is 76.7 Å². The van der Waals surface area contributed by atoms with Gasteiger partial charge < -0.3 is 5.43 Å². The number of nitrogens with zero attached hydrogens (tertiary/aromatic N) is 3. The molecule has 2 aromatic heterocycles. The third kappa shape index (κ3) is 2.69. The number of nitrogens with one attached hydrogen (secondary N) is 1. The SMILES string of the molecule is CCc1nsc(Sc2ccnc(NN)c2)n1. The molecule has 2 aromatic rings. The Morgan fingerprint density at radius 2 is 2.44 bits per heavy atom. The Bertz CT molecular complexity index is 470. The van der Waals surface area contributed by atoms with E-state index in [-0.39, 0.29) is 0 Å². The first-order chi connectivity index (χ1) is 7.81. The summed E-state index contributed by atoms with van der Waals surface area (Å²) >= 11 is 2.97. The fraction of sp³-hybridized carbons (Fsp3) is 0.222. The molecule has 0 aromatic carbocycles. The second kappa shape index (κ2) is 5.24. The van der Waals surface area contributed by atoms with Crippen molar-refractivity contribution in [3.63, 3.8) is 0 Å². The van der Waals surface area contributed by atoms with Crippen LogP contribution in [0.2, 0.25) is 0 Å². The van der Waals surface area contributed by atoms with Crippen LogP contribution in [-0.2, 0) is 6.42 Å². The van der Waals surface area contributed by atoms with E-state index in [1.54, 1.807) is 18.0 Å². The molecule has 16 heavy (non-hydrogen) atoms. The van der Waals surface area contributed by atoms with Gasteiger partial charge in [0.15, 0.2) is 4.34 Å². The van der Waals surface area contributed by atoms with Crippen LogP contribution in [0.4, 0.5) is 5.82 Å². The van der Waals surface area contributed by atoms with Gasteiger partial charge in [0.05, 0.1) is 0 Å². The second-order valence-corrected chi connectivity index (χ2v) is 5.03. The molecule has 0 amide bonds. The van der Waals surface area contributed by atoms with Crippen LogP contribution >= 0.6 is 23.3 Å². The molecule has 0 radical (unpaired) electrons. The summed E-state index contributed by atoms with van der Waals surface area (Å²) in [5.74, 6) is 6.82. The zero-order chi connectivity index (χ0) is 11.4. The first kappa shape index (κ1) is 11.3. The van der Waals surface area contributed by atoms with E-state index in [0.717, 1.165) is 21.5 Å². The van der Waals surface area contributed by atoms with E-state index in [0.29, 0.717) is 5.82 Å². The van der Waals surface area contributed by atoms with Crippen LogP contribution in [0.15, 0.2) is 27.6 Å². The monoisotopic (exact) mass is 253 g/mol. The molecule has 2 heterocycles. The van der Waals surface area contributed by atoms with E-state index in [4.69, 9.17) is 5.84 Å². The van der Waals surface area contributed by atoms with Crippen LogP contribution in [0, 0.1) is 0 Å². The standard InChI is InChI=1S/C9H11N5S2/c1-2-7-12-9(16-14-7)15-6-3-4-11-8(5-6)13-10/h3-5H,2,10H2,1H3,(H,11,13). The number of anilines is 1. The highest BCUT2D eigenvalue weighted by Gasteiger charge is 2.05. The number of aromatic nitrogens is 3. The Labute approximate surface area is 102 Å². The number of hydrogen-bond acceptors (Lipinski definition) is 7. The highest BCUT2D eigenvalue weighted by atomic mass is 32.2. The van der Waals surface area contributed by atoms with Gasteiger partial charge in [-0.3, -0.25) is 0 Å². The zero-order valence-electron chi connectivity index (χ0n) is 8.67. The van der Waals surface area contributed by atoms with Crippen LogP contribution in [0.1, 0.15) is 12.7 Å². The average Bonchev–Trinajstić information content (AvgIpc) is 2.77. The lowest BCUT2D eigenvalue weighted by Gasteiger charge is -2.00. The van der Waals surface area contributed by atoms with E-state index in [1.165, 1.54) is 11.5 Å². The fourth-order valence-corrected chi connectivity index (χ4v) is 2.78. The number of hydrogen-bond donors (Lipinski definition) is 2. The molecule has 0 fully saturated rings. The van der Waals surface area contributed by atoms with Crippen molar-refractivity contribution in [2.24, 2.45) is 5.84 Å². The average molecular weight is 253 g/mol. The van der Waals surface area contributed by atoms with Gasteiger partial charge in [0.1, 0.15) is 11.6 Å². The third-order valence-corrected chi connectivity index (χ3v) is 3.63. The summed E-state index contributed by atoms with van der Waals surface area (Å²) in [6.07, 6.45) is 2.57. The van der Waals surface area contributed by atoms with Gasteiger partial charge in [-0.05, 0) is 23.7 Å². The molecule has 0 aliphatic rings. The van der Waals surface area contributed by atoms with Gasteiger partial charge in [-0.2, -0.15) is 4.37 Å². The van der Waals surface area contributed by atoms with Crippen molar-refractivity contribution in [1.82, 2.24) is 14.3 Å². The molecule has 0 unspecified atom stereocenters. The fourth-order valence-electron chi connectivity index (χ4n) is 1.08. The maximum Gasteiger partial charge on any atom is 0.174 e. The molecule has 0 aliphatic carbocycles. The smallest absolute Gasteiger partial charge is 0.174 e. The second-order valence-electron chi connectivity index (χ2n) is 2.95. The molecule has 0 spiro atoms. The Balaban J connectivity index is 2.13. The molecule has 0 aliphatic heterocycles. The van der Waals surface area contributed by atoms with Gasteiger partial charge in [0.2, 0.25) is 0 Å². The van der Waals surface area contributed by atoms with Crippen LogP contribution in [-0.4, -0.2) is 14.3 Å². The minimum atomic E-state index is 0.644. The number of nitrogen functional groups attached to an aromatic ring is 1. The largest absolute Gasteiger partial charge is 0.308 e. The molecular formula is C9H11N5S2. The molecule has 0 saturated carbocycles. The number of hydrazine groups is 1. The van der Waals surface area contributed by atoms with Gasteiger partial charge in [0, 0.05) is 17.5 Å². The van der Waals surface area contributed by atoms with Crippen LogP contribution in [0.5, 0.6) is 0 Å². The predicted molar refractivity (Wildman–Crippen MR) is 65.5 cm³/mol. The van der Waals surface area contributed by atoms with Gasteiger partial charge in [-0.1, -0.05) is 18.7 Å². The number of rotatable bonds is 4. The molecule has 7 heteroatoms. The Kier molecular flexibility index (Phi) is 3.70. The van der Waals surface area contributed by atoms with Crippen molar-refractivity contribution in [1.29, 1.82) is 0 Å². The summed E-state index contributed by atoms with van der Waals surface area (Å²) in [7, 11) is 0. The van der Waals surface area contributed by atoms with E-state index >= 15 is 0 Å². The van der Waals surface area contributed by atoms with Crippen molar-refractivity contribution < 1.29 is 0 Å². The lowest BCUT2D eigenvalue weighted by Crippen LogP contribution is -2.07. The summed E-state index contributed by atoms with van der Waals surface area (Å²) in [6.45, 7) is 2.04. The van der Waals surface area contributed by atoms with Gasteiger partial charge in [-0.25, -0.2) is 15.8 Å². The summed E-state index contributed by atoms with van der Waals surface area (Å²) < 4.78 is 5.16. The summed E-state index contributed by atoms with van der Waals surface area (Å²) in [5.41, 5.74) is 2.51. The molecule has 0 saturated heterocycles. The van der Waals surface area contributed by atoms with Crippen molar-refractivity contribution in [2.75, 3.05) is 5.43 Å². The van der Waals surface area contributed by atoms with Crippen molar-refractivity contribution in [3.8, 4) is 0 Å². The molecule has 2 rings (SSSR count). The first-order valence-electron chi connectivity index (χ1n) is 4.75. The maximum absolute atomic E-state index is 5.29. The van der Waals surface area contributed by atoms with Crippen LogP contribution < -0.4 is 11.3 Å². The van der Waals surface area contributed by atoms with Gasteiger partial charge in [0.25, 0.3) is 0 Å². The number of aryl methyl sites for hydroxylation is 1. The molecule has 0 bridgehead atoms. The summed E-state index contributed by atoms with van der Waals surface area (Å²) in [6, 6.07) is 3.79. The molecule has 3 N–H and O–H groups in total.